The van der Waals surface area contributed by atoms with Crippen molar-refractivity contribution in [1.82, 2.24) is 4.98 Å². The second kappa shape index (κ2) is 6.13. The Labute approximate surface area is 123 Å². The first-order valence-electron chi connectivity index (χ1n) is 6.29. The first-order chi connectivity index (χ1) is 10.1. The van der Waals surface area contributed by atoms with Gasteiger partial charge in [-0.3, -0.25) is 0 Å². The van der Waals surface area contributed by atoms with Crippen molar-refractivity contribution in [3.63, 3.8) is 0 Å². The molecular weight excluding hydrogens is 270 g/mol. The van der Waals surface area contributed by atoms with Crippen LogP contribution in [0.15, 0.2) is 36.5 Å². The molecule has 0 radical (unpaired) electrons. The zero-order valence-electron chi connectivity index (χ0n) is 12.2. The van der Waals surface area contributed by atoms with Gasteiger partial charge in [0.25, 0.3) is 0 Å². The van der Waals surface area contributed by atoms with Crippen LogP contribution in [0.4, 0.5) is 17.2 Å². The lowest BCUT2D eigenvalue weighted by atomic mass is 10.2. The van der Waals surface area contributed by atoms with Gasteiger partial charge >= 0.3 is 5.97 Å². The van der Waals surface area contributed by atoms with Crippen molar-refractivity contribution >= 4 is 23.2 Å². The standard InChI is InChI=1S/C15H17N3O3/c1-18(11-6-4-5-7-12(11)20-2)14-13(16)10(8-9-17-14)15(19)21-3/h4-9H,16H2,1-3H3. The molecule has 0 atom stereocenters. The van der Waals surface area contributed by atoms with Crippen molar-refractivity contribution in [1.29, 1.82) is 0 Å². The molecule has 0 saturated carbocycles. The van der Waals surface area contributed by atoms with Crippen LogP contribution in [-0.2, 0) is 4.74 Å². The molecular formula is C15H17N3O3. The van der Waals surface area contributed by atoms with Crippen molar-refractivity contribution in [3.8, 4) is 5.75 Å². The van der Waals surface area contributed by atoms with Gasteiger partial charge in [-0.05, 0) is 18.2 Å². The molecule has 0 spiro atoms. The fraction of sp³-hybridized carbons (Fsp3) is 0.200. The second-order valence-corrected chi connectivity index (χ2v) is 4.32. The number of carbonyl (C=O) groups excluding carboxylic acids is 1. The number of rotatable bonds is 4. The molecule has 1 aromatic heterocycles. The third kappa shape index (κ3) is 2.74. The van der Waals surface area contributed by atoms with E-state index in [9.17, 15) is 4.79 Å². The summed E-state index contributed by atoms with van der Waals surface area (Å²) < 4.78 is 10.0. The average Bonchev–Trinajstić information content (AvgIpc) is 2.53. The van der Waals surface area contributed by atoms with E-state index in [2.05, 4.69) is 4.98 Å². The minimum absolute atomic E-state index is 0.262. The molecule has 1 aromatic carbocycles. The minimum Gasteiger partial charge on any atom is -0.495 e. The summed E-state index contributed by atoms with van der Waals surface area (Å²) in [5.41, 5.74) is 7.38. The molecule has 0 unspecified atom stereocenters. The summed E-state index contributed by atoms with van der Waals surface area (Å²) in [4.78, 5) is 17.7. The van der Waals surface area contributed by atoms with E-state index in [1.54, 1.807) is 19.1 Å². The fourth-order valence-corrected chi connectivity index (χ4v) is 2.04. The minimum atomic E-state index is -0.496. The van der Waals surface area contributed by atoms with Gasteiger partial charge in [-0.1, -0.05) is 12.1 Å². The Bertz CT molecular complexity index is 658. The number of hydrogen-bond acceptors (Lipinski definition) is 6. The Kier molecular flexibility index (Phi) is 4.27. The molecule has 6 nitrogen and oxygen atoms in total. The number of hydrogen-bond donors (Lipinski definition) is 1. The zero-order chi connectivity index (χ0) is 15.4. The summed E-state index contributed by atoms with van der Waals surface area (Å²) in [7, 11) is 4.71. The van der Waals surface area contributed by atoms with Crippen LogP contribution in [0.3, 0.4) is 0 Å². The number of benzene rings is 1. The van der Waals surface area contributed by atoms with Gasteiger partial charge in [0.15, 0.2) is 5.82 Å². The van der Waals surface area contributed by atoms with Gasteiger partial charge in [-0.25, -0.2) is 9.78 Å². The number of aromatic nitrogens is 1. The van der Waals surface area contributed by atoms with Crippen molar-refractivity contribution in [2.24, 2.45) is 0 Å². The first-order valence-corrected chi connectivity index (χ1v) is 6.29. The number of esters is 1. The average molecular weight is 287 g/mol. The van der Waals surface area contributed by atoms with Crippen LogP contribution in [0.25, 0.3) is 0 Å². The normalized spacial score (nSPS) is 10.0. The molecule has 1 heterocycles. The number of anilines is 3. The summed E-state index contributed by atoms with van der Waals surface area (Å²) in [6.07, 6.45) is 1.52. The number of methoxy groups -OCH3 is 2. The molecule has 2 N–H and O–H groups in total. The summed E-state index contributed by atoms with van der Waals surface area (Å²) >= 11 is 0. The lowest BCUT2D eigenvalue weighted by Crippen LogP contribution is -2.17. The number of nitrogens with two attached hydrogens (primary N) is 1. The Morgan fingerprint density at radius 1 is 1.24 bits per heavy atom. The highest BCUT2D eigenvalue weighted by atomic mass is 16.5. The van der Waals surface area contributed by atoms with Crippen LogP contribution in [0.5, 0.6) is 5.75 Å². The highest BCUT2D eigenvalue weighted by Gasteiger charge is 2.18. The second-order valence-electron chi connectivity index (χ2n) is 4.32. The number of nitrogen functional groups attached to an aromatic ring is 1. The van der Waals surface area contributed by atoms with Gasteiger partial charge < -0.3 is 20.1 Å². The Morgan fingerprint density at radius 3 is 2.62 bits per heavy atom. The van der Waals surface area contributed by atoms with E-state index in [0.717, 1.165) is 5.69 Å². The lowest BCUT2D eigenvalue weighted by Gasteiger charge is -2.22. The number of ether oxygens (including phenoxy) is 2. The molecule has 0 aliphatic rings. The van der Waals surface area contributed by atoms with Crippen molar-refractivity contribution in [2.75, 3.05) is 31.9 Å². The molecule has 0 fully saturated rings. The highest BCUT2D eigenvalue weighted by Crippen LogP contribution is 2.34. The molecule has 2 rings (SSSR count). The molecule has 0 saturated heterocycles. The highest BCUT2D eigenvalue weighted by molar-refractivity contribution is 5.98. The van der Waals surface area contributed by atoms with E-state index in [1.165, 1.54) is 19.4 Å². The fourth-order valence-electron chi connectivity index (χ4n) is 2.04. The maximum absolute atomic E-state index is 11.7. The van der Waals surface area contributed by atoms with E-state index in [1.807, 2.05) is 24.3 Å². The van der Waals surface area contributed by atoms with E-state index in [0.29, 0.717) is 11.6 Å². The van der Waals surface area contributed by atoms with E-state index < -0.39 is 5.97 Å². The maximum Gasteiger partial charge on any atom is 0.340 e. The van der Waals surface area contributed by atoms with Crippen molar-refractivity contribution in [2.45, 2.75) is 0 Å². The topological polar surface area (TPSA) is 77.7 Å². The quantitative estimate of drug-likeness (QED) is 0.869. The van der Waals surface area contributed by atoms with E-state index in [4.69, 9.17) is 15.2 Å². The molecule has 0 aliphatic carbocycles. The molecule has 21 heavy (non-hydrogen) atoms. The smallest absolute Gasteiger partial charge is 0.340 e. The van der Waals surface area contributed by atoms with E-state index >= 15 is 0 Å². The molecule has 0 amide bonds. The van der Waals surface area contributed by atoms with Crippen LogP contribution < -0.4 is 15.4 Å². The summed E-state index contributed by atoms with van der Waals surface area (Å²) in [6, 6.07) is 9.00. The van der Waals surface area contributed by atoms with Crippen LogP contribution >= 0.6 is 0 Å². The maximum atomic E-state index is 11.7. The molecule has 0 bridgehead atoms. The first kappa shape index (κ1) is 14.6. The van der Waals surface area contributed by atoms with Gasteiger partial charge in [-0.15, -0.1) is 0 Å². The molecule has 0 aliphatic heterocycles. The van der Waals surface area contributed by atoms with Crippen LogP contribution in [0.2, 0.25) is 0 Å². The molecule has 2 aromatic rings. The number of para-hydroxylation sites is 2. The third-order valence-corrected chi connectivity index (χ3v) is 3.14. The number of carbonyl (C=O) groups is 1. The van der Waals surface area contributed by atoms with Crippen LogP contribution in [0.1, 0.15) is 10.4 Å². The summed E-state index contributed by atoms with van der Waals surface area (Å²) in [6.45, 7) is 0. The van der Waals surface area contributed by atoms with Gasteiger partial charge in [-0.2, -0.15) is 0 Å². The number of pyridine rings is 1. The predicted molar refractivity (Wildman–Crippen MR) is 81.0 cm³/mol. The van der Waals surface area contributed by atoms with Crippen molar-refractivity contribution in [3.05, 3.63) is 42.1 Å². The molecule has 110 valence electrons. The van der Waals surface area contributed by atoms with E-state index in [-0.39, 0.29) is 11.3 Å². The van der Waals surface area contributed by atoms with Gasteiger partial charge in [0.05, 0.1) is 31.2 Å². The Morgan fingerprint density at radius 2 is 1.95 bits per heavy atom. The van der Waals surface area contributed by atoms with Crippen molar-refractivity contribution < 1.29 is 14.3 Å². The van der Waals surface area contributed by atoms with Crippen LogP contribution in [0, 0.1) is 0 Å². The largest absolute Gasteiger partial charge is 0.495 e. The zero-order valence-corrected chi connectivity index (χ0v) is 12.2. The van der Waals surface area contributed by atoms with Gasteiger partial charge in [0.2, 0.25) is 0 Å². The molecule has 6 heteroatoms. The van der Waals surface area contributed by atoms with Gasteiger partial charge in [0, 0.05) is 13.2 Å². The third-order valence-electron chi connectivity index (χ3n) is 3.14. The summed E-state index contributed by atoms with van der Waals surface area (Å²) in [5.74, 6) is 0.650. The predicted octanol–water partition coefficient (Wildman–Crippen LogP) is 2.23. The number of nitrogens with zero attached hydrogens (tertiary/aromatic N) is 2. The Balaban J connectivity index is 2.49. The summed E-state index contributed by atoms with van der Waals surface area (Å²) in [5, 5.41) is 0. The van der Waals surface area contributed by atoms with Crippen LogP contribution in [-0.4, -0.2) is 32.2 Å². The lowest BCUT2D eigenvalue weighted by molar-refractivity contribution is 0.0602. The van der Waals surface area contributed by atoms with Gasteiger partial charge in [0.1, 0.15) is 5.75 Å². The monoisotopic (exact) mass is 287 g/mol. The SMILES string of the molecule is COC(=O)c1ccnc(N(C)c2ccccc2OC)c1N. The Hall–Kier alpha value is -2.76.